The molecule has 2 aliphatic rings. The van der Waals surface area contributed by atoms with Crippen molar-refractivity contribution in [2.45, 2.75) is 45.2 Å². The third-order valence-corrected chi connectivity index (χ3v) is 5.92. The van der Waals surface area contributed by atoms with Gasteiger partial charge in [-0.05, 0) is 57.7 Å². The number of hydrogen-bond acceptors (Lipinski definition) is 3. The maximum absolute atomic E-state index is 4.45. The molecule has 158 valence electrons. The highest BCUT2D eigenvalue weighted by molar-refractivity contribution is 14.0. The summed E-state index contributed by atoms with van der Waals surface area (Å²) in [6, 6.07) is 9.41. The number of benzene rings is 1. The van der Waals surface area contributed by atoms with Gasteiger partial charge in [-0.15, -0.1) is 24.0 Å². The zero-order chi connectivity index (χ0) is 19.1. The SMILES string of the molecule is CN=C(NCC1CCCN(C)C1)NC1CCN(Cc2cccc(C)c2)CC1.I. The van der Waals surface area contributed by atoms with E-state index in [1.807, 2.05) is 7.05 Å². The van der Waals surface area contributed by atoms with Gasteiger partial charge in [0.1, 0.15) is 0 Å². The van der Waals surface area contributed by atoms with Gasteiger partial charge >= 0.3 is 0 Å². The molecule has 2 saturated heterocycles. The molecule has 1 atom stereocenters. The number of nitrogens with zero attached hydrogens (tertiary/aromatic N) is 3. The summed E-state index contributed by atoms with van der Waals surface area (Å²) in [7, 11) is 4.11. The van der Waals surface area contributed by atoms with Gasteiger partial charge in [0.25, 0.3) is 0 Å². The minimum Gasteiger partial charge on any atom is -0.356 e. The van der Waals surface area contributed by atoms with Gasteiger partial charge < -0.3 is 15.5 Å². The first-order valence-electron chi connectivity index (χ1n) is 10.6. The molecule has 1 aromatic carbocycles. The minimum absolute atomic E-state index is 0. The Balaban J connectivity index is 0.00000280. The Hall–Kier alpha value is -0.860. The molecule has 0 bridgehead atoms. The van der Waals surface area contributed by atoms with Gasteiger partial charge in [0.2, 0.25) is 0 Å². The molecular formula is C22H38IN5. The number of hydrogen-bond donors (Lipinski definition) is 2. The van der Waals surface area contributed by atoms with Crippen LogP contribution in [-0.4, -0.2) is 68.6 Å². The number of aliphatic imine (C=N–C) groups is 1. The molecule has 0 aromatic heterocycles. The third kappa shape index (κ3) is 7.52. The van der Waals surface area contributed by atoms with Crippen molar-refractivity contribution in [2.75, 3.05) is 46.8 Å². The van der Waals surface area contributed by atoms with Crippen LogP contribution in [-0.2, 0) is 6.54 Å². The summed E-state index contributed by atoms with van der Waals surface area (Å²) in [5, 5.41) is 7.21. The molecule has 0 spiro atoms. The Kier molecular flexibility index (Phi) is 10.0. The predicted molar refractivity (Wildman–Crippen MR) is 130 cm³/mol. The van der Waals surface area contributed by atoms with E-state index in [1.54, 1.807) is 0 Å². The molecule has 6 heteroatoms. The molecule has 3 rings (SSSR count). The summed E-state index contributed by atoms with van der Waals surface area (Å²) in [5.41, 5.74) is 2.78. The van der Waals surface area contributed by atoms with Crippen molar-refractivity contribution in [1.29, 1.82) is 0 Å². The zero-order valence-electron chi connectivity index (χ0n) is 17.8. The maximum Gasteiger partial charge on any atom is 0.191 e. The lowest BCUT2D eigenvalue weighted by Gasteiger charge is -2.34. The second-order valence-electron chi connectivity index (χ2n) is 8.41. The van der Waals surface area contributed by atoms with Gasteiger partial charge in [0.15, 0.2) is 5.96 Å². The summed E-state index contributed by atoms with van der Waals surface area (Å²) >= 11 is 0. The van der Waals surface area contributed by atoms with Crippen LogP contribution >= 0.6 is 24.0 Å². The Morgan fingerprint density at radius 2 is 1.96 bits per heavy atom. The van der Waals surface area contributed by atoms with Crippen LogP contribution in [0.2, 0.25) is 0 Å². The maximum atomic E-state index is 4.45. The summed E-state index contributed by atoms with van der Waals surface area (Å²) in [4.78, 5) is 9.46. The molecule has 2 heterocycles. The van der Waals surface area contributed by atoms with E-state index in [-0.39, 0.29) is 24.0 Å². The number of rotatable bonds is 5. The van der Waals surface area contributed by atoms with Crippen molar-refractivity contribution in [1.82, 2.24) is 20.4 Å². The molecule has 2 N–H and O–H groups in total. The largest absolute Gasteiger partial charge is 0.356 e. The molecule has 2 fully saturated rings. The van der Waals surface area contributed by atoms with Crippen LogP contribution < -0.4 is 10.6 Å². The first-order chi connectivity index (χ1) is 13.1. The summed E-state index contributed by atoms with van der Waals surface area (Å²) in [6.45, 7) is 8.99. The monoisotopic (exact) mass is 499 g/mol. The van der Waals surface area contributed by atoms with Crippen LogP contribution in [0.3, 0.4) is 0 Å². The number of nitrogens with one attached hydrogen (secondary N) is 2. The van der Waals surface area contributed by atoms with E-state index >= 15 is 0 Å². The fourth-order valence-electron chi connectivity index (χ4n) is 4.37. The zero-order valence-corrected chi connectivity index (χ0v) is 20.1. The standard InChI is InChI=1S/C22H37N5.HI/c1-18-6-4-7-19(14-18)17-27-12-9-21(10-13-27)25-22(23-2)24-15-20-8-5-11-26(3)16-20;/h4,6-7,14,20-21H,5,8-13,15-17H2,1-3H3,(H2,23,24,25);1H. The Morgan fingerprint density at radius 1 is 1.18 bits per heavy atom. The Bertz CT molecular complexity index is 613. The lowest BCUT2D eigenvalue weighted by molar-refractivity contribution is 0.197. The van der Waals surface area contributed by atoms with Crippen molar-refractivity contribution in [2.24, 2.45) is 10.9 Å². The van der Waals surface area contributed by atoms with E-state index in [4.69, 9.17) is 0 Å². The van der Waals surface area contributed by atoms with Crippen LogP contribution in [0, 0.1) is 12.8 Å². The summed E-state index contributed by atoms with van der Waals surface area (Å²) in [5.74, 6) is 1.71. The number of aryl methyl sites for hydroxylation is 1. The van der Waals surface area contributed by atoms with Crippen molar-refractivity contribution < 1.29 is 0 Å². The van der Waals surface area contributed by atoms with E-state index in [0.717, 1.165) is 38.1 Å². The van der Waals surface area contributed by atoms with E-state index in [2.05, 4.69) is 63.7 Å². The third-order valence-electron chi connectivity index (χ3n) is 5.92. The Morgan fingerprint density at radius 3 is 2.64 bits per heavy atom. The highest BCUT2D eigenvalue weighted by Crippen LogP contribution is 2.16. The fraction of sp³-hybridized carbons (Fsp3) is 0.682. The fourth-order valence-corrected chi connectivity index (χ4v) is 4.37. The van der Waals surface area contributed by atoms with Gasteiger partial charge in [-0.25, -0.2) is 0 Å². The average molecular weight is 499 g/mol. The number of guanidine groups is 1. The molecule has 0 aliphatic carbocycles. The van der Waals surface area contributed by atoms with E-state index in [9.17, 15) is 0 Å². The lowest BCUT2D eigenvalue weighted by atomic mass is 9.98. The van der Waals surface area contributed by atoms with Crippen molar-refractivity contribution in [3.63, 3.8) is 0 Å². The predicted octanol–water partition coefficient (Wildman–Crippen LogP) is 3.08. The molecule has 1 unspecified atom stereocenters. The average Bonchev–Trinajstić information content (AvgIpc) is 2.66. The highest BCUT2D eigenvalue weighted by atomic mass is 127. The molecule has 1 aromatic rings. The topological polar surface area (TPSA) is 42.9 Å². The van der Waals surface area contributed by atoms with Gasteiger partial charge in [0.05, 0.1) is 0 Å². The van der Waals surface area contributed by atoms with Gasteiger partial charge in [0, 0.05) is 45.8 Å². The van der Waals surface area contributed by atoms with Gasteiger partial charge in [-0.1, -0.05) is 29.8 Å². The molecular weight excluding hydrogens is 461 g/mol. The molecule has 28 heavy (non-hydrogen) atoms. The van der Waals surface area contributed by atoms with Crippen molar-refractivity contribution in [3.8, 4) is 0 Å². The second kappa shape index (κ2) is 12.0. The van der Waals surface area contributed by atoms with Gasteiger partial charge in [-0.3, -0.25) is 9.89 Å². The van der Waals surface area contributed by atoms with E-state index in [0.29, 0.717) is 6.04 Å². The second-order valence-corrected chi connectivity index (χ2v) is 8.41. The molecule has 5 nitrogen and oxygen atoms in total. The first kappa shape index (κ1) is 23.4. The van der Waals surface area contributed by atoms with Crippen molar-refractivity contribution in [3.05, 3.63) is 35.4 Å². The number of piperidine rings is 2. The molecule has 0 radical (unpaired) electrons. The summed E-state index contributed by atoms with van der Waals surface area (Å²) in [6.07, 6.45) is 5.00. The normalized spacial score (nSPS) is 22.5. The molecule has 0 saturated carbocycles. The quantitative estimate of drug-likeness (QED) is 0.372. The minimum atomic E-state index is 0. The first-order valence-corrected chi connectivity index (χ1v) is 10.6. The number of halogens is 1. The van der Waals surface area contributed by atoms with Crippen LogP contribution in [0.25, 0.3) is 0 Å². The van der Waals surface area contributed by atoms with E-state index in [1.165, 1.54) is 49.9 Å². The van der Waals surface area contributed by atoms with Crippen molar-refractivity contribution >= 4 is 29.9 Å². The smallest absolute Gasteiger partial charge is 0.191 e. The molecule has 2 aliphatic heterocycles. The van der Waals surface area contributed by atoms with Crippen LogP contribution in [0.5, 0.6) is 0 Å². The summed E-state index contributed by atoms with van der Waals surface area (Å²) < 4.78 is 0. The lowest BCUT2D eigenvalue weighted by Crippen LogP contribution is -2.50. The van der Waals surface area contributed by atoms with Crippen LogP contribution in [0.15, 0.2) is 29.3 Å². The highest BCUT2D eigenvalue weighted by Gasteiger charge is 2.21. The Labute approximate surface area is 188 Å². The number of likely N-dealkylation sites (tertiary alicyclic amines) is 2. The van der Waals surface area contributed by atoms with Crippen LogP contribution in [0.1, 0.15) is 36.8 Å². The van der Waals surface area contributed by atoms with Gasteiger partial charge in [-0.2, -0.15) is 0 Å². The van der Waals surface area contributed by atoms with E-state index < -0.39 is 0 Å². The molecule has 0 amide bonds. The van der Waals surface area contributed by atoms with Crippen LogP contribution in [0.4, 0.5) is 0 Å².